The van der Waals surface area contributed by atoms with Crippen molar-refractivity contribution in [2.75, 3.05) is 6.61 Å². The van der Waals surface area contributed by atoms with Crippen LogP contribution in [0.3, 0.4) is 0 Å². The molecule has 2 aromatic carbocycles. The van der Waals surface area contributed by atoms with E-state index in [1.54, 1.807) is 55.5 Å². The topological polar surface area (TPSA) is 80.9 Å². The SMILES string of the molecule is CCOC(=O)c1ccc(-c2ccc(/C=N\NC(=O)c3ccccc3C)o2)cc1. The number of benzene rings is 2. The highest BCUT2D eigenvalue weighted by molar-refractivity contribution is 5.96. The van der Waals surface area contributed by atoms with Crippen LogP contribution >= 0.6 is 0 Å². The van der Waals surface area contributed by atoms with Crippen LogP contribution in [-0.2, 0) is 4.74 Å². The number of nitrogens with zero attached hydrogens (tertiary/aromatic N) is 1. The van der Waals surface area contributed by atoms with Gasteiger partial charge < -0.3 is 9.15 Å². The number of ether oxygens (including phenoxy) is 1. The lowest BCUT2D eigenvalue weighted by atomic mass is 10.1. The van der Waals surface area contributed by atoms with E-state index in [1.807, 2.05) is 19.1 Å². The van der Waals surface area contributed by atoms with Crippen molar-refractivity contribution < 1.29 is 18.7 Å². The molecule has 0 unspecified atom stereocenters. The first-order valence-corrected chi connectivity index (χ1v) is 8.85. The number of carbonyl (C=O) groups excluding carboxylic acids is 2. The summed E-state index contributed by atoms with van der Waals surface area (Å²) in [7, 11) is 0. The smallest absolute Gasteiger partial charge is 0.338 e. The Balaban J connectivity index is 1.64. The second-order valence-corrected chi connectivity index (χ2v) is 6.01. The minimum Gasteiger partial charge on any atom is -0.462 e. The number of hydrazone groups is 1. The van der Waals surface area contributed by atoms with Gasteiger partial charge in [-0.15, -0.1) is 0 Å². The summed E-state index contributed by atoms with van der Waals surface area (Å²) in [5.74, 6) is 0.484. The maximum atomic E-state index is 12.1. The Morgan fingerprint density at radius 2 is 1.82 bits per heavy atom. The first-order valence-electron chi connectivity index (χ1n) is 8.85. The van der Waals surface area contributed by atoms with Crippen LogP contribution in [0.4, 0.5) is 0 Å². The lowest BCUT2D eigenvalue weighted by Gasteiger charge is -2.03. The van der Waals surface area contributed by atoms with Gasteiger partial charge in [0.2, 0.25) is 0 Å². The van der Waals surface area contributed by atoms with Gasteiger partial charge in [0.15, 0.2) is 0 Å². The number of hydrogen-bond acceptors (Lipinski definition) is 5. The Bertz CT molecular complexity index is 1000. The van der Waals surface area contributed by atoms with Crippen molar-refractivity contribution in [2.45, 2.75) is 13.8 Å². The van der Waals surface area contributed by atoms with E-state index in [9.17, 15) is 9.59 Å². The van der Waals surface area contributed by atoms with Crippen LogP contribution in [0.1, 0.15) is 39.0 Å². The van der Waals surface area contributed by atoms with Crippen LogP contribution in [0.15, 0.2) is 70.2 Å². The molecule has 3 aromatic rings. The molecule has 0 fully saturated rings. The van der Waals surface area contributed by atoms with Gasteiger partial charge in [-0.25, -0.2) is 10.2 Å². The van der Waals surface area contributed by atoms with Crippen molar-refractivity contribution in [3.63, 3.8) is 0 Å². The van der Waals surface area contributed by atoms with E-state index < -0.39 is 0 Å². The molecule has 142 valence electrons. The third-order valence-electron chi connectivity index (χ3n) is 4.05. The van der Waals surface area contributed by atoms with E-state index in [0.717, 1.165) is 11.1 Å². The summed E-state index contributed by atoms with van der Waals surface area (Å²) in [6.07, 6.45) is 1.44. The van der Waals surface area contributed by atoms with Gasteiger partial charge in [0.1, 0.15) is 11.5 Å². The maximum Gasteiger partial charge on any atom is 0.338 e. The van der Waals surface area contributed by atoms with Crippen molar-refractivity contribution >= 4 is 18.1 Å². The van der Waals surface area contributed by atoms with E-state index in [0.29, 0.717) is 29.3 Å². The van der Waals surface area contributed by atoms with E-state index in [2.05, 4.69) is 10.5 Å². The summed E-state index contributed by atoms with van der Waals surface area (Å²) in [5.41, 5.74) is 5.24. The Hall–Kier alpha value is -3.67. The zero-order chi connectivity index (χ0) is 19.9. The predicted octanol–water partition coefficient (Wildman–Crippen LogP) is 4.20. The summed E-state index contributed by atoms with van der Waals surface area (Å²) in [6, 6.07) is 17.8. The standard InChI is InChI=1S/C22H20N2O4/c1-3-27-22(26)17-10-8-16(9-11-17)20-13-12-18(28-20)14-23-24-21(25)19-7-5-4-6-15(19)2/h4-14H,3H2,1-2H3,(H,24,25)/b23-14-. The molecule has 1 N–H and O–H groups in total. The first kappa shape index (κ1) is 19.1. The fourth-order valence-electron chi connectivity index (χ4n) is 2.60. The molecule has 1 aromatic heterocycles. The molecule has 28 heavy (non-hydrogen) atoms. The molecule has 0 spiro atoms. The summed E-state index contributed by atoms with van der Waals surface area (Å²) in [6.45, 7) is 3.97. The number of carbonyl (C=O) groups is 2. The van der Waals surface area contributed by atoms with Gasteiger partial charge in [-0.2, -0.15) is 5.10 Å². The molecular formula is C22H20N2O4. The average molecular weight is 376 g/mol. The number of aryl methyl sites for hydroxylation is 1. The Kier molecular flexibility index (Phi) is 6.01. The van der Waals surface area contributed by atoms with Crippen LogP contribution in [0.2, 0.25) is 0 Å². The fraction of sp³-hybridized carbons (Fsp3) is 0.136. The molecule has 6 nitrogen and oxygen atoms in total. The van der Waals surface area contributed by atoms with Crippen LogP contribution < -0.4 is 5.43 Å². The highest BCUT2D eigenvalue weighted by Gasteiger charge is 2.09. The van der Waals surface area contributed by atoms with E-state index >= 15 is 0 Å². The lowest BCUT2D eigenvalue weighted by Crippen LogP contribution is -2.18. The number of esters is 1. The summed E-state index contributed by atoms with van der Waals surface area (Å²) in [4.78, 5) is 23.8. The lowest BCUT2D eigenvalue weighted by molar-refractivity contribution is 0.0526. The van der Waals surface area contributed by atoms with Crippen LogP contribution in [0.5, 0.6) is 0 Å². The minimum absolute atomic E-state index is 0.282. The minimum atomic E-state index is -0.356. The molecule has 0 bridgehead atoms. The zero-order valence-corrected chi connectivity index (χ0v) is 15.6. The molecular weight excluding hydrogens is 356 g/mol. The Morgan fingerprint density at radius 1 is 1.07 bits per heavy atom. The molecule has 0 saturated heterocycles. The largest absolute Gasteiger partial charge is 0.462 e. The van der Waals surface area contributed by atoms with E-state index in [-0.39, 0.29) is 11.9 Å². The quantitative estimate of drug-likeness (QED) is 0.397. The average Bonchev–Trinajstić information content (AvgIpc) is 3.17. The molecule has 1 heterocycles. The normalized spacial score (nSPS) is 10.8. The molecule has 0 aliphatic rings. The number of rotatable bonds is 6. The van der Waals surface area contributed by atoms with Gasteiger partial charge >= 0.3 is 5.97 Å². The van der Waals surface area contributed by atoms with E-state index in [4.69, 9.17) is 9.15 Å². The van der Waals surface area contributed by atoms with Gasteiger partial charge in [0.05, 0.1) is 18.4 Å². The van der Waals surface area contributed by atoms with Crippen molar-refractivity contribution in [3.8, 4) is 11.3 Å². The van der Waals surface area contributed by atoms with Crippen molar-refractivity contribution in [1.82, 2.24) is 5.43 Å². The number of furan rings is 1. The molecule has 0 saturated carbocycles. The third-order valence-corrected chi connectivity index (χ3v) is 4.05. The van der Waals surface area contributed by atoms with E-state index in [1.165, 1.54) is 6.21 Å². The second kappa shape index (κ2) is 8.81. The Labute approximate surface area is 162 Å². The number of nitrogens with one attached hydrogen (secondary N) is 1. The molecule has 3 rings (SSSR count). The van der Waals surface area contributed by atoms with Crippen LogP contribution in [0.25, 0.3) is 11.3 Å². The monoisotopic (exact) mass is 376 g/mol. The van der Waals surface area contributed by atoms with Crippen LogP contribution in [-0.4, -0.2) is 24.7 Å². The van der Waals surface area contributed by atoms with Gasteiger partial charge in [0.25, 0.3) is 5.91 Å². The molecule has 1 amide bonds. The maximum absolute atomic E-state index is 12.1. The second-order valence-electron chi connectivity index (χ2n) is 6.01. The van der Waals surface area contributed by atoms with Crippen molar-refractivity contribution in [2.24, 2.45) is 5.10 Å². The van der Waals surface area contributed by atoms with Crippen molar-refractivity contribution in [1.29, 1.82) is 0 Å². The third kappa shape index (κ3) is 4.54. The number of amides is 1. The van der Waals surface area contributed by atoms with Gasteiger partial charge in [0, 0.05) is 11.1 Å². The Morgan fingerprint density at radius 3 is 2.54 bits per heavy atom. The van der Waals surface area contributed by atoms with Gasteiger partial charge in [-0.1, -0.05) is 30.3 Å². The van der Waals surface area contributed by atoms with Gasteiger partial charge in [-0.3, -0.25) is 4.79 Å². The molecule has 0 aliphatic heterocycles. The molecule has 0 atom stereocenters. The first-order chi connectivity index (χ1) is 13.6. The van der Waals surface area contributed by atoms with Crippen molar-refractivity contribution in [3.05, 3.63) is 83.1 Å². The highest BCUT2D eigenvalue weighted by Crippen LogP contribution is 2.22. The molecule has 0 aliphatic carbocycles. The molecule has 6 heteroatoms. The zero-order valence-electron chi connectivity index (χ0n) is 15.6. The summed E-state index contributed by atoms with van der Waals surface area (Å²) in [5, 5.41) is 3.94. The fourth-order valence-corrected chi connectivity index (χ4v) is 2.60. The number of hydrogen-bond donors (Lipinski definition) is 1. The highest BCUT2D eigenvalue weighted by atomic mass is 16.5. The molecule has 0 radical (unpaired) electrons. The summed E-state index contributed by atoms with van der Waals surface area (Å²) < 4.78 is 10.7. The van der Waals surface area contributed by atoms with Crippen LogP contribution in [0, 0.1) is 6.92 Å². The predicted molar refractivity (Wildman–Crippen MR) is 106 cm³/mol. The van der Waals surface area contributed by atoms with Gasteiger partial charge in [-0.05, 0) is 49.7 Å². The summed E-state index contributed by atoms with van der Waals surface area (Å²) >= 11 is 0.